The van der Waals surface area contributed by atoms with Gasteiger partial charge in [0.25, 0.3) is 0 Å². The van der Waals surface area contributed by atoms with Crippen LogP contribution in [-0.2, 0) is 4.74 Å². The molecule has 0 aromatic carbocycles. The third-order valence-corrected chi connectivity index (χ3v) is 3.33. The van der Waals surface area contributed by atoms with Gasteiger partial charge in [0.1, 0.15) is 0 Å². The molecule has 2 aliphatic rings. The molecule has 1 fully saturated rings. The predicted octanol–water partition coefficient (Wildman–Crippen LogP) is 0.740. The lowest BCUT2D eigenvalue weighted by Crippen LogP contribution is -2.40. The summed E-state index contributed by atoms with van der Waals surface area (Å²) in [4.78, 5) is 4.39. The number of aliphatic imine (C=N–C) groups is 1. The highest BCUT2D eigenvalue weighted by Gasteiger charge is 2.42. The van der Waals surface area contributed by atoms with Crippen LogP contribution >= 0.6 is 0 Å². The number of guanidine groups is 1. The van der Waals surface area contributed by atoms with E-state index >= 15 is 0 Å². The Kier molecular flexibility index (Phi) is 3.14. The number of ether oxygens (including phenoxy) is 1. The largest absolute Gasteiger partial charge is 0.385 e. The van der Waals surface area contributed by atoms with Crippen LogP contribution in [0.25, 0.3) is 0 Å². The average Bonchev–Trinajstić information content (AvgIpc) is 2.89. The molecule has 86 valence electrons. The molecule has 2 N–H and O–H groups in total. The van der Waals surface area contributed by atoms with Gasteiger partial charge in [0.15, 0.2) is 5.96 Å². The quantitative estimate of drug-likeness (QED) is 0.705. The van der Waals surface area contributed by atoms with Crippen LogP contribution in [0.5, 0.6) is 0 Å². The monoisotopic (exact) mass is 211 g/mol. The maximum absolute atomic E-state index is 5.13. The maximum Gasteiger partial charge on any atom is 0.191 e. The van der Waals surface area contributed by atoms with Gasteiger partial charge in [0.05, 0.1) is 6.54 Å². The van der Waals surface area contributed by atoms with Crippen molar-refractivity contribution in [1.82, 2.24) is 10.6 Å². The van der Waals surface area contributed by atoms with E-state index in [1.165, 1.54) is 19.3 Å². The summed E-state index contributed by atoms with van der Waals surface area (Å²) in [6.45, 7) is 4.95. The molecule has 0 spiro atoms. The van der Waals surface area contributed by atoms with Crippen LogP contribution in [-0.4, -0.2) is 38.8 Å². The second kappa shape index (κ2) is 4.39. The predicted molar refractivity (Wildman–Crippen MR) is 61.1 cm³/mol. The number of hydrogen-bond acceptors (Lipinski definition) is 4. The van der Waals surface area contributed by atoms with E-state index in [2.05, 4.69) is 22.5 Å². The van der Waals surface area contributed by atoms with Gasteiger partial charge in [0.2, 0.25) is 0 Å². The minimum absolute atomic E-state index is 0.488. The van der Waals surface area contributed by atoms with Crippen LogP contribution in [0.1, 0.15) is 26.2 Å². The number of hydrogen-bond donors (Lipinski definition) is 2. The molecule has 0 radical (unpaired) electrons. The zero-order chi connectivity index (χ0) is 10.7. The van der Waals surface area contributed by atoms with E-state index in [1.54, 1.807) is 7.11 Å². The minimum atomic E-state index is 0.488. The SMILES string of the molecule is COCCC1(CNC2=NCC(C)N2)CC1. The second-order valence-corrected chi connectivity index (χ2v) is 4.83. The van der Waals surface area contributed by atoms with Crippen LogP contribution in [0.15, 0.2) is 4.99 Å². The van der Waals surface area contributed by atoms with E-state index in [0.717, 1.165) is 25.7 Å². The Balaban J connectivity index is 1.69. The lowest BCUT2D eigenvalue weighted by atomic mass is 10.0. The lowest BCUT2D eigenvalue weighted by Gasteiger charge is -2.16. The Labute approximate surface area is 91.5 Å². The van der Waals surface area contributed by atoms with Gasteiger partial charge in [-0.15, -0.1) is 0 Å². The fourth-order valence-corrected chi connectivity index (χ4v) is 1.94. The average molecular weight is 211 g/mol. The number of nitrogens with zero attached hydrogens (tertiary/aromatic N) is 1. The van der Waals surface area contributed by atoms with Crippen molar-refractivity contribution in [2.75, 3.05) is 26.8 Å². The fraction of sp³-hybridized carbons (Fsp3) is 0.909. The second-order valence-electron chi connectivity index (χ2n) is 4.83. The molecule has 1 aliphatic carbocycles. The first kappa shape index (κ1) is 10.7. The number of methoxy groups -OCH3 is 1. The number of nitrogens with one attached hydrogen (secondary N) is 2. The molecule has 1 unspecified atom stereocenters. The molecule has 0 bridgehead atoms. The van der Waals surface area contributed by atoms with Crippen molar-refractivity contribution in [2.24, 2.45) is 10.4 Å². The first-order valence-electron chi connectivity index (χ1n) is 5.78. The Morgan fingerprint density at radius 1 is 1.60 bits per heavy atom. The first-order valence-corrected chi connectivity index (χ1v) is 5.78. The van der Waals surface area contributed by atoms with Gasteiger partial charge in [-0.1, -0.05) is 0 Å². The van der Waals surface area contributed by atoms with E-state index in [4.69, 9.17) is 4.74 Å². The summed E-state index contributed by atoms with van der Waals surface area (Å²) in [5.74, 6) is 0.978. The summed E-state index contributed by atoms with van der Waals surface area (Å²) < 4.78 is 5.13. The van der Waals surface area contributed by atoms with Gasteiger partial charge >= 0.3 is 0 Å². The fourth-order valence-electron chi connectivity index (χ4n) is 1.94. The van der Waals surface area contributed by atoms with E-state index in [1.807, 2.05) is 0 Å². The zero-order valence-corrected chi connectivity index (χ0v) is 9.68. The third-order valence-electron chi connectivity index (χ3n) is 3.33. The highest BCUT2D eigenvalue weighted by Crippen LogP contribution is 2.48. The van der Waals surface area contributed by atoms with Crippen molar-refractivity contribution in [1.29, 1.82) is 0 Å². The maximum atomic E-state index is 5.13. The molecule has 1 heterocycles. The molecule has 1 aliphatic heterocycles. The molecule has 2 rings (SSSR count). The van der Waals surface area contributed by atoms with Gasteiger partial charge in [-0.2, -0.15) is 0 Å². The van der Waals surface area contributed by atoms with E-state index in [-0.39, 0.29) is 0 Å². The Morgan fingerprint density at radius 3 is 2.93 bits per heavy atom. The zero-order valence-electron chi connectivity index (χ0n) is 9.68. The van der Waals surface area contributed by atoms with E-state index < -0.39 is 0 Å². The Morgan fingerprint density at radius 2 is 2.40 bits per heavy atom. The molecule has 4 nitrogen and oxygen atoms in total. The third kappa shape index (κ3) is 2.84. The van der Waals surface area contributed by atoms with Crippen LogP contribution in [0, 0.1) is 5.41 Å². The molecule has 0 aromatic heterocycles. The summed E-state index contributed by atoms with van der Waals surface area (Å²) in [6, 6.07) is 0.488. The molecule has 0 amide bonds. The highest BCUT2D eigenvalue weighted by atomic mass is 16.5. The van der Waals surface area contributed by atoms with Crippen LogP contribution in [0.3, 0.4) is 0 Å². The summed E-state index contributed by atoms with van der Waals surface area (Å²) in [5, 5.41) is 6.72. The van der Waals surface area contributed by atoms with Crippen molar-refractivity contribution in [2.45, 2.75) is 32.2 Å². The van der Waals surface area contributed by atoms with Crippen molar-refractivity contribution in [3.63, 3.8) is 0 Å². The van der Waals surface area contributed by atoms with Crippen molar-refractivity contribution in [3.8, 4) is 0 Å². The van der Waals surface area contributed by atoms with Crippen LogP contribution < -0.4 is 10.6 Å². The molecule has 0 aromatic rings. The summed E-state index contributed by atoms with van der Waals surface area (Å²) in [5.41, 5.74) is 0.492. The normalized spacial score (nSPS) is 27.1. The van der Waals surface area contributed by atoms with Crippen LogP contribution in [0.4, 0.5) is 0 Å². The van der Waals surface area contributed by atoms with Gasteiger partial charge < -0.3 is 15.4 Å². The van der Waals surface area contributed by atoms with E-state index in [9.17, 15) is 0 Å². The standard InChI is InChI=1S/C11H21N3O/c1-9-7-12-10(14-9)13-8-11(3-4-11)5-6-15-2/h9H,3-8H2,1-2H3,(H2,12,13,14). The number of rotatable bonds is 5. The lowest BCUT2D eigenvalue weighted by molar-refractivity contribution is 0.172. The molecule has 15 heavy (non-hydrogen) atoms. The van der Waals surface area contributed by atoms with Gasteiger partial charge in [-0.05, 0) is 31.6 Å². The van der Waals surface area contributed by atoms with Gasteiger partial charge in [-0.25, -0.2) is 0 Å². The minimum Gasteiger partial charge on any atom is -0.385 e. The van der Waals surface area contributed by atoms with Gasteiger partial charge in [-0.3, -0.25) is 4.99 Å². The molecule has 1 atom stereocenters. The van der Waals surface area contributed by atoms with Crippen molar-refractivity contribution < 1.29 is 4.74 Å². The highest BCUT2D eigenvalue weighted by molar-refractivity contribution is 5.81. The van der Waals surface area contributed by atoms with Crippen LogP contribution in [0.2, 0.25) is 0 Å². The topological polar surface area (TPSA) is 45.6 Å². The molecule has 1 saturated carbocycles. The molecular weight excluding hydrogens is 190 g/mol. The van der Waals surface area contributed by atoms with Gasteiger partial charge in [0, 0.05) is 26.3 Å². The van der Waals surface area contributed by atoms with Crippen molar-refractivity contribution in [3.05, 3.63) is 0 Å². The summed E-state index contributed by atoms with van der Waals surface area (Å²) in [7, 11) is 1.77. The van der Waals surface area contributed by atoms with Crippen molar-refractivity contribution >= 4 is 5.96 Å². The summed E-state index contributed by atoms with van der Waals surface area (Å²) in [6.07, 6.45) is 3.82. The first-order chi connectivity index (χ1) is 7.24. The molecular formula is C11H21N3O. The molecule has 0 saturated heterocycles. The summed E-state index contributed by atoms with van der Waals surface area (Å²) >= 11 is 0. The Hall–Kier alpha value is -0.770. The smallest absolute Gasteiger partial charge is 0.191 e. The Bertz CT molecular complexity index is 248. The molecule has 4 heteroatoms. The van der Waals surface area contributed by atoms with E-state index in [0.29, 0.717) is 11.5 Å².